The van der Waals surface area contributed by atoms with Crippen LogP contribution >= 0.6 is 0 Å². The van der Waals surface area contributed by atoms with E-state index in [1.807, 2.05) is 18.2 Å². The number of rotatable bonds is 6. The Bertz CT molecular complexity index is 1290. The largest absolute Gasteiger partial charge is 0.206 e. The van der Waals surface area contributed by atoms with Crippen molar-refractivity contribution < 1.29 is 13.2 Å². The van der Waals surface area contributed by atoms with Crippen LogP contribution in [0.4, 0.5) is 13.2 Å². The quantitative estimate of drug-likeness (QED) is 0.283. The van der Waals surface area contributed by atoms with Crippen LogP contribution in [0.2, 0.25) is 0 Å². The Hall–Kier alpha value is -3.58. The van der Waals surface area contributed by atoms with Gasteiger partial charge in [0.25, 0.3) is 0 Å². The number of nitriles is 1. The maximum Gasteiger partial charge on any atom is 0.144 e. The van der Waals surface area contributed by atoms with Crippen molar-refractivity contribution in [3.8, 4) is 28.3 Å². The van der Waals surface area contributed by atoms with Crippen molar-refractivity contribution in [1.82, 2.24) is 0 Å². The van der Waals surface area contributed by atoms with Gasteiger partial charge in [-0.05, 0) is 52.6 Å². The van der Waals surface area contributed by atoms with Gasteiger partial charge >= 0.3 is 0 Å². The van der Waals surface area contributed by atoms with Crippen LogP contribution in [0.5, 0.6) is 0 Å². The minimum atomic E-state index is -0.902. The molecule has 4 aromatic rings. The summed E-state index contributed by atoms with van der Waals surface area (Å²) in [5, 5.41) is 10.3. The molecule has 0 saturated heterocycles. The summed E-state index contributed by atoms with van der Waals surface area (Å²) in [4.78, 5) is 0. The molecule has 0 aliphatic heterocycles. The summed E-state index contributed by atoms with van der Waals surface area (Å²) in [6.07, 6.45) is 4.47. The predicted molar refractivity (Wildman–Crippen MR) is 123 cm³/mol. The lowest BCUT2D eigenvalue weighted by atomic mass is 9.96. The summed E-state index contributed by atoms with van der Waals surface area (Å²) >= 11 is 0. The van der Waals surface area contributed by atoms with Crippen molar-refractivity contribution in [3.05, 3.63) is 95.3 Å². The zero-order valence-electron chi connectivity index (χ0n) is 17.8. The van der Waals surface area contributed by atoms with Crippen molar-refractivity contribution in [1.29, 1.82) is 5.26 Å². The summed E-state index contributed by atoms with van der Waals surface area (Å²) in [6.45, 7) is 2.17. The van der Waals surface area contributed by atoms with Crippen molar-refractivity contribution >= 4 is 10.8 Å². The molecule has 0 saturated carbocycles. The summed E-state index contributed by atoms with van der Waals surface area (Å²) in [5.74, 6) is -2.09. The lowest BCUT2D eigenvalue weighted by Gasteiger charge is -2.10. The second-order valence-electron chi connectivity index (χ2n) is 7.94. The molecule has 0 aliphatic carbocycles. The third-order valence-corrected chi connectivity index (χ3v) is 5.77. The molecule has 4 heteroatoms. The van der Waals surface area contributed by atoms with Crippen LogP contribution in [0, 0.1) is 28.8 Å². The van der Waals surface area contributed by atoms with Crippen LogP contribution in [-0.4, -0.2) is 0 Å². The van der Waals surface area contributed by atoms with Gasteiger partial charge in [-0.2, -0.15) is 5.26 Å². The Labute approximate surface area is 185 Å². The average Bonchev–Trinajstić information content (AvgIpc) is 2.79. The Kier molecular flexibility index (Phi) is 6.28. The number of hydrogen-bond donors (Lipinski definition) is 0. The normalized spacial score (nSPS) is 11.0. The smallest absolute Gasteiger partial charge is 0.144 e. The molecule has 160 valence electrons. The zero-order valence-corrected chi connectivity index (χ0v) is 17.8. The van der Waals surface area contributed by atoms with Gasteiger partial charge in [-0.1, -0.05) is 74.4 Å². The Balaban J connectivity index is 1.64. The van der Waals surface area contributed by atoms with Gasteiger partial charge in [0.05, 0.1) is 0 Å². The lowest BCUT2D eigenvalue weighted by Crippen LogP contribution is -1.92. The molecular weight excluding hydrogens is 407 g/mol. The van der Waals surface area contributed by atoms with Gasteiger partial charge in [-0.3, -0.25) is 0 Å². The highest BCUT2D eigenvalue weighted by molar-refractivity contribution is 5.89. The molecule has 0 aliphatic rings. The van der Waals surface area contributed by atoms with Crippen molar-refractivity contribution in [2.45, 2.75) is 32.6 Å². The average molecular weight is 429 g/mol. The van der Waals surface area contributed by atoms with E-state index in [-0.39, 0.29) is 5.82 Å². The Morgan fingerprint density at radius 2 is 1.44 bits per heavy atom. The minimum Gasteiger partial charge on any atom is -0.206 e. The van der Waals surface area contributed by atoms with E-state index in [0.29, 0.717) is 27.6 Å². The topological polar surface area (TPSA) is 23.8 Å². The van der Waals surface area contributed by atoms with E-state index in [9.17, 15) is 8.78 Å². The SMILES string of the molecule is CCCCCc1ccc2c(F)c(-c3ccc(-c4cc(F)c(C#N)c(F)c4)cc3)ccc2c1. The van der Waals surface area contributed by atoms with Crippen LogP contribution in [0.15, 0.2) is 66.7 Å². The van der Waals surface area contributed by atoms with E-state index in [4.69, 9.17) is 5.26 Å². The van der Waals surface area contributed by atoms with Crippen LogP contribution in [0.3, 0.4) is 0 Å². The number of fused-ring (bicyclic) bond motifs is 1. The molecule has 0 aromatic heterocycles. The zero-order chi connectivity index (χ0) is 22.7. The molecule has 0 N–H and O–H groups in total. The lowest BCUT2D eigenvalue weighted by molar-refractivity contribution is 0.577. The van der Waals surface area contributed by atoms with Crippen LogP contribution in [0.25, 0.3) is 33.0 Å². The first-order valence-corrected chi connectivity index (χ1v) is 10.7. The van der Waals surface area contributed by atoms with Crippen molar-refractivity contribution in [3.63, 3.8) is 0 Å². The number of nitrogens with zero attached hydrogens (tertiary/aromatic N) is 1. The fourth-order valence-corrected chi connectivity index (χ4v) is 3.99. The Morgan fingerprint density at radius 3 is 2.09 bits per heavy atom. The summed E-state index contributed by atoms with van der Waals surface area (Å²) < 4.78 is 43.2. The van der Waals surface area contributed by atoms with Crippen molar-refractivity contribution in [2.75, 3.05) is 0 Å². The molecule has 0 amide bonds. The molecule has 0 heterocycles. The Morgan fingerprint density at radius 1 is 0.750 bits per heavy atom. The first kappa shape index (κ1) is 21.6. The summed E-state index contributed by atoms with van der Waals surface area (Å²) in [6, 6.07) is 20.2. The molecule has 4 rings (SSSR count). The number of hydrogen-bond acceptors (Lipinski definition) is 1. The van der Waals surface area contributed by atoms with Crippen LogP contribution in [-0.2, 0) is 6.42 Å². The molecule has 0 radical (unpaired) electrons. The second kappa shape index (κ2) is 9.28. The van der Waals surface area contributed by atoms with Crippen molar-refractivity contribution in [2.24, 2.45) is 0 Å². The molecule has 0 bridgehead atoms. The number of aryl methyl sites for hydroxylation is 1. The predicted octanol–water partition coefficient (Wildman–Crippen LogP) is 8.20. The molecular formula is C28H22F3N. The maximum absolute atomic E-state index is 15.3. The minimum absolute atomic E-state index is 0.286. The molecule has 1 nitrogen and oxygen atoms in total. The fourth-order valence-electron chi connectivity index (χ4n) is 3.99. The third-order valence-electron chi connectivity index (χ3n) is 5.77. The summed E-state index contributed by atoms with van der Waals surface area (Å²) in [5.41, 5.74) is 2.66. The second-order valence-corrected chi connectivity index (χ2v) is 7.94. The molecule has 0 atom stereocenters. The van der Waals surface area contributed by atoms with E-state index in [0.717, 1.165) is 30.4 Å². The van der Waals surface area contributed by atoms with Gasteiger partial charge in [0.15, 0.2) is 0 Å². The number of halogens is 3. The first-order valence-electron chi connectivity index (χ1n) is 10.7. The molecule has 0 unspecified atom stereocenters. The molecule has 0 spiro atoms. The standard InChI is InChI=1S/C28H22F3N/c1-2-3-4-5-18-6-12-24-21(14-18)11-13-23(28(24)31)20-9-7-19(8-10-20)22-15-26(29)25(17-32)27(30)16-22/h6-16H,2-5H2,1H3. The molecule has 4 aromatic carbocycles. The van der Waals surface area contributed by atoms with Gasteiger partial charge < -0.3 is 0 Å². The van der Waals surface area contributed by atoms with Crippen LogP contribution in [0.1, 0.15) is 37.3 Å². The van der Waals surface area contributed by atoms with E-state index in [1.54, 1.807) is 30.3 Å². The first-order chi connectivity index (χ1) is 15.5. The highest BCUT2D eigenvalue weighted by atomic mass is 19.1. The maximum atomic E-state index is 15.3. The van der Waals surface area contributed by atoms with E-state index >= 15 is 4.39 Å². The highest BCUT2D eigenvalue weighted by Crippen LogP contribution is 2.32. The van der Waals surface area contributed by atoms with Crippen LogP contribution < -0.4 is 0 Å². The number of benzene rings is 4. The van der Waals surface area contributed by atoms with Gasteiger partial charge in [0, 0.05) is 10.9 Å². The van der Waals surface area contributed by atoms with E-state index in [2.05, 4.69) is 13.0 Å². The molecule has 32 heavy (non-hydrogen) atoms. The third kappa shape index (κ3) is 4.24. The van der Waals surface area contributed by atoms with E-state index in [1.165, 1.54) is 24.5 Å². The highest BCUT2D eigenvalue weighted by Gasteiger charge is 2.13. The molecule has 0 fully saturated rings. The van der Waals surface area contributed by atoms with Gasteiger partial charge in [0.2, 0.25) is 0 Å². The summed E-state index contributed by atoms with van der Waals surface area (Å²) in [7, 11) is 0. The van der Waals surface area contributed by atoms with E-state index < -0.39 is 17.2 Å². The number of unbranched alkanes of at least 4 members (excludes halogenated alkanes) is 2. The van der Waals surface area contributed by atoms with Gasteiger partial charge in [-0.25, -0.2) is 13.2 Å². The monoisotopic (exact) mass is 429 g/mol. The van der Waals surface area contributed by atoms with Gasteiger partial charge in [-0.15, -0.1) is 0 Å². The fraction of sp³-hybridized carbons (Fsp3) is 0.179. The van der Waals surface area contributed by atoms with Gasteiger partial charge in [0.1, 0.15) is 29.1 Å².